The van der Waals surface area contributed by atoms with Crippen molar-refractivity contribution >= 4 is 33.5 Å². The molecule has 2 rings (SSSR count). The van der Waals surface area contributed by atoms with Crippen LogP contribution in [0.25, 0.3) is 0 Å². The van der Waals surface area contributed by atoms with E-state index in [1.54, 1.807) is 16.7 Å². The number of carbonyl (C=O) groups excluding carboxylic acids is 1. The van der Waals surface area contributed by atoms with Crippen LogP contribution in [0.15, 0.2) is 38.7 Å². The van der Waals surface area contributed by atoms with Crippen LogP contribution in [0, 0.1) is 0 Å². The highest BCUT2D eigenvalue weighted by atomic mass is 79.9. The fourth-order valence-corrected chi connectivity index (χ4v) is 3.10. The summed E-state index contributed by atoms with van der Waals surface area (Å²) < 4.78 is 2.50. The summed E-state index contributed by atoms with van der Waals surface area (Å²) in [5.74, 6) is 0.0194. The van der Waals surface area contributed by atoms with Crippen LogP contribution in [0.2, 0.25) is 0 Å². The summed E-state index contributed by atoms with van der Waals surface area (Å²) in [6.45, 7) is 4.41. The average Bonchev–Trinajstić information content (AvgIpc) is 2.81. The zero-order valence-electron chi connectivity index (χ0n) is 11.8. The Balaban J connectivity index is 2.14. The number of halogens is 1. The van der Waals surface area contributed by atoms with Gasteiger partial charge in [0, 0.05) is 16.6 Å². The highest BCUT2D eigenvalue weighted by molar-refractivity contribution is 9.10. The lowest BCUT2D eigenvalue weighted by molar-refractivity contribution is 0.0994. The van der Waals surface area contributed by atoms with Gasteiger partial charge < -0.3 is 0 Å². The summed E-state index contributed by atoms with van der Waals surface area (Å²) in [6.07, 6.45) is 0.835. The molecule has 1 N–H and O–H groups in total. The van der Waals surface area contributed by atoms with E-state index in [0.717, 1.165) is 10.9 Å². The normalized spacial score (nSPS) is 12.3. The molecule has 0 saturated heterocycles. The molecule has 21 heavy (non-hydrogen) atoms. The predicted molar refractivity (Wildman–Crippen MR) is 86.9 cm³/mol. The van der Waals surface area contributed by atoms with E-state index in [0.29, 0.717) is 17.3 Å². The Morgan fingerprint density at radius 1 is 1.43 bits per heavy atom. The Morgan fingerprint density at radius 3 is 2.71 bits per heavy atom. The Bertz CT molecular complexity index is 678. The number of nitrogens with one attached hydrogen (secondary N) is 1. The molecule has 0 spiro atoms. The van der Waals surface area contributed by atoms with Gasteiger partial charge >= 0.3 is 5.69 Å². The number of benzene rings is 1. The molecule has 0 amide bonds. The number of nitrogens with zero attached hydrogens (tertiary/aromatic N) is 2. The highest BCUT2D eigenvalue weighted by Gasteiger charge is 2.20. The van der Waals surface area contributed by atoms with Crippen molar-refractivity contribution < 1.29 is 4.79 Å². The van der Waals surface area contributed by atoms with E-state index in [-0.39, 0.29) is 16.7 Å². The molecule has 1 heterocycles. The number of hydrogen-bond acceptors (Lipinski definition) is 4. The van der Waals surface area contributed by atoms with Crippen LogP contribution < -0.4 is 5.69 Å². The molecular weight excluding hydrogens is 354 g/mol. The van der Waals surface area contributed by atoms with Crippen molar-refractivity contribution in [3.63, 3.8) is 0 Å². The molecule has 0 saturated carbocycles. The highest BCUT2D eigenvalue weighted by Crippen LogP contribution is 2.23. The Morgan fingerprint density at radius 2 is 2.10 bits per heavy atom. The molecule has 0 fully saturated rings. The molecule has 0 radical (unpaired) electrons. The summed E-state index contributed by atoms with van der Waals surface area (Å²) in [5.41, 5.74) is 0.417. The third-order valence-corrected chi connectivity index (χ3v) is 4.57. The number of aromatic amines is 1. The first-order valence-electron chi connectivity index (χ1n) is 6.64. The van der Waals surface area contributed by atoms with Gasteiger partial charge in [-0.2, -0.15) is 0 Å². The largest absolute Gasteiger partial charge is 0.343 e. The van der Waals surface area contributed by atoms with Crippen LogP contribution in [0.1, 0.15) is 30.6 Å². The summed E-state index contributed by atoms with van der Waals surface area (Å²) in [5, 5.41) is 6.67. The molecule has 5 nitrogen and oxygen atoms in total. The van der Waals surface area contributed by atoms with Crippen LogP contribution in [0.5, 0.6) is 0 Å². The number of aromatic nitrogens is 3. The summed E-state index contributed by atoms with van der Waals surface area (Å²) in [6, 6.07) is 7.25. The fourth-order valence-electron chi connectivity index (χ4n) is 1.87. The second-order valence-electron chi connectivity index (χ2n) is 4.59. The van der Waals surface area contributed by atoms with Crippen LogP contribution in [0.3, 0.4) is 0 Å². The van der Waals surface area contributed by atoms with Gasteiger partial charge in [-0.15, -0.1) is 5.10 Å². The predicted octanol–water partition coefficient (Wildman–Crippen LogP) is 3.11. The number of H-pyrrole nitrogens is 1. The summed E-state index contributed by atoms with van der Waals surface area (Å²) in [7, 11) is 0. The maximum absolute atomic E-state index is 12.4. The van der Waals surface area contributed by atoms with E-state index < -0.39 is 0 Å². The van der Waals surface area contributed by atoms with Gasteiger partial charge in [0.1, 0.15) is 0 Å². The van der Waals surface area contributed by atoms with Crippen molar-refractivity contribution in [2.24, 2.45) is 0 Å². The molecule has 0 aliphatic heterocycles. The molecule has 1 atom stereocenters. The molecule has 0 unspecified atom stereocenters. The van der Waals surface area contributed by atoms with Gasteiger partial charge in [0.2, 0.25) is 0 Å². The Labute approximate surface area is 135 Å². The standard InChI is InChI=1S/C14H16BrN3O2S/c1-3-8-18-13(20)16-17-14(18)21-9(2)12(19)10-4-6-11(15)7-5-10/h4-7,9H,3,8H2,1-2H3,(H,16,20)/t9-/m0/s1. The van der Waals surface area contributed by atoms with Gasteiger partial charge in [-0.05, 0) is 25.5 Å². The second kappa shape index (κ2) is 7.09. The minimum Gasteiger partial charge on any atom is -0.293 e. The van der Waals surface area contributed by atoms with Gasteiger partial charge in [-0.25, -0.2) is 9.89 Å². The molecule has 0 aliphatic rings. The molecule has 0 bridgehead atoms. The lowest BCUT2D eigenvalue weighted by Gasteiger charge is -2.10. The van der Waals surface area contributed by atoms with Crippen molar-refractivity contribution in [3.05, 3.63) is 44.8 Å². The van der Waals surface area contributed by atoms with Crippen LogP contribution in [-0.4, -0.2) is 25.8 Å². The second-order valence-corrected chi connectivity index (χ2v) is 6.82. The maximum Gasteiger partial charge on any atom is 0.343 e. The van der Waals surface area contributed by atoms with Crippen molar-refractivity contribution in [2.75, 3.05) is 0 Å². The Hall–Kier alpha value is -1.34. The third kappa shape index (κ3) is 3.85. The van der Waals surface area contributed by atoms with Gasteiger partial charge in [-0.1, -0.05) is 46.7 Å². The molecule has 0 aliphatic carbocycles. The van der Waals surface area contributed by atoms with Crippen molar-refractivity contribution in [1.29, 1.82) is 0 Å². The summed E-state index contributed by atoms with van der Waals surface area (Å²) in [4.78, 5) is 24.0. The average molecular weight is 370 g/mol. The molecule has 1 aromatic heterocycles. The minimum atomic E-state index is -0.308. The van der Waals surface area contributed by atoms with Gasteiger partial charge in [0.15, 0.2) is 10.9 Å². The van der Waals surface area contributed by atoms with Crippen LogP contribution >= 0.6 is 27.7 Å². The van der Waals surface area contributed by atoms with Crippen molar-refractivity contribution in [1.82, 2.24) is 14.8 Å². The molecule has 7 heteroatoms. The third-order valence-electron chi connectivity index (χ3n) is 2.95. The molecule has 112 valence electrons. The van der Waals surface area contributed by atoms with Gasteiger partial charge in [0.25, 0.3) is 0 Å². The van der Waals surface area contributed by atoms with Gasteiger partial charge in [-0.3, -0.25) is 9.36 Å². The first kappa shape index (κ1) is 16.0. The molecule has 2 aromatic rings. The zero-order chi connectivity index (χ0) is 15.4. The minimum absolute atomic E-state index is 0.0194. The van der Waals surface area contributed by atoms with E-state index in [1.807, 2.05) is 26.0 Å². The molecule has 1 aromatic carbocycles. The number of ketones is 1. The number of thioether (sulfide) groups is 1. The van der Waals surface area contributed by atoms with E-state index in [4.69, 9.17) is 0 Å². The van der Waals surface area contributed by atoms with E-state index in [2.05, 4.69) is 26.1 Å². The number of carbonyl (C=O) groups is 1. The first-order chi connectivity index (χ1) is 10.0. The van der Waals surface area contributed by atoms with Crippen molar-refractivity contribution in [2.45, 2.75) is 37.2 Å². The van der Waals surface area contributed by atoms with Crippen LogP contribution in [-0.2, 0) is 6.54 Å². The maximum atomic E-state index is 12.4. The zero-order valence-corrected chi connectivity index (χ0v) is 14.2. The number of Topliss-reactive ketones (excluding diaryl/α,β-unsaturated/α-hetero) is 1. The monoisotopic (exact) mass is 369 g/mol. The summed E-state index contributed by atoms with van der Waals surface area (Å²) >= 11 is 4.64. The number of rotatable bonds is 6. The quantitative estimate of drug-likeness (QED) is 0.627. The topological polar surface area (TPSA) is 67.8 Å². The fraction of sp³-hybridized carbons (Fsp3) is 0.357. The first-order valence-corrected chi connectivity index (χ1v) is 8.31. The van der Waals surface area contributed by atoms with Gasteiger partial charge in [0.05, 0.1) is 5.25 Å². The van der Waals surface area contributed by atoms with E-state index >= 15 is 0 Å². The lowest BCUT2D eigenvalue weighted by atomic mass is 10.1. The lowest BCUT2D eigenvalue weighted by Crippen LogP contribution is -2.19. The van der Waals surface area contributed by atoms with Crippen molar-refractivity contribution in [3.8, 4) is 0 Å². The molecular formula is C14H16BrN3O2S. The SMILES string of the molecule is CCCn1c(S[C@@H](C)C(=O)c2ccc(Br)cc2)n[nH]c1=O. The van der Waals surface area contributed by atoms with Crippen LogP contribution in [0.4, 0.5) is 0 Å². The Kier molecular flexibility index (Phi) is 5.41. The van der Waals surface area contributed by atoms with E-state index in [9.17, 15) is 9.59 Å². The number of hydrogen-bond donors (Lipinski definition) is 1. The van der Waals surface area contributed by atoms with E-state index in [1.165, 1.54) is 11.8 Å². The smallest absolute Gasteiger partial charge is 0.293 e.